The van der Waals surface area contributed by atoms with Crippen LogP contribution < -0.4 is 14.8 Å². The van der Waals surface area contributed by atoms with Crippen LogP contribution >= 0.6 is 11.6 Å². The number of halogens is 1. The molecule has 1 heterocycles. The Bertz CT molecular complexity index is 355. The third-order valence-corrected chi connectivity index (χ3v) is 2.49. The van der Waals surface area contributed by atoms with E-state index in [1.54, 1.807) is 0 Å². The fraction of sp³-hybridized carbons (Fsp3) is 0.455. The molecule has 0 saturated carbocycles. The first-order valence-corrected chi connectivity index (χ1v) is 5.55. The first-order chi connectivity index (χ1) is 7.31. The van der Waals surface area contributed by atoms with E-state index < -0.39 is 0 Å². The fourth-order valence-electron chi connectivity index (χ4n) is 1.56. The zero-order chi connectivity index (χ0) is 10.7. The lowest BCUT2D eigenvalue weighted by Gasteiger charge is -2.20. The van der Waals surface area contributed by atoms with Crippen LogP contribution in [0.2, 0.25) is 0 Å². The molecular weight excluding hydrogens is 214 g/mol. The number of rotatable bonds is 3. The quantitative estimate of drug-likeness (QED) is 0.805. The Morgan fingerprint density at radius 3 is 2.60 bits per heavy atom. The van der Waals surface area contributed by atoms with Crippen LogP contribution in [0, 0.1) is 6.92 Å². The predicted molar refractivity (Wildman–Crippen MR) is 61.4 cm³/mol. The fourth-order valence-corrected chi connectivity index (χ4v) is 1.66. The smallest absolute Gasteiger partial charge is 0.163 e. The van der Waals surface area contributed by atoms with Crippen LogP contribution in [-0.4, -0.2) is 25.6 Å². The minimum Gasteiger partial charge on any atom is -0.486 e. The lowest BCUT2D eigenvalue weighted by atomic mass is 10.1. The summed E-state index contributed by atoms with van der Waals surface area (Å²) in [5.41, 5.74) is 2.20. The lowest BCUT2D eigenvalue weighted by Crippen LogP contribution is -2.16. The molecule has 0 aliphatic carbocycles. The van der Waals surface area contributed by atoms with Gasteiger partial charge in [-0.05, 0) is 18.6 Å². The van der Waals surface area contributed by atoms with Crippen LogP contribution in [0.1, 0.15) is 5.56 Å². The zero-order valence-corrected chi connectivity index (χ0v) is 9.43. The Balaban J connectivity index is 2.24. The second-order valence-corrected chi connectivity index (χ2v) is 3.80. The summed E-state index contributed by atoms with van der Waals surface area (Å²) in [5.74, 6) is 2.23. The standard InChI is InChI=1S/C11H14ClNO2/c1-8-6-10-11(15-5-4-14-10)7-9(8)13-3-2-12/h6-7,13H,2-5H2,1H3. The summed E-state index contributed by atoms with van der Waals surface area (Å²) in [7, 11) is 0. The number of aryl methyl sites for hydroxylation is 1. The van der Waals surface area contributed by atoms with Crippen LogP contribution in [-0.2, 0) is 0 Å². The molecule has 0 spiro atoms. The molecule has 3 nitrogen and oxygen atoms in total. The van der Waals surface area contributed by atoms with Crippen molar-refractivity contribution < 1.29 is 9.47 Å². The van der Waals surface area contributed by atoms with Gasteiger partial charge < -0.3 is 14.8 Å². The molecular formula is C11H14ClNO2. The third-order valence-electron chi connectivity index (χ3n) is 2.30. The molecule has 0 bridgehead atoms. The van der Waals surface area contributed by atoms with Gasteiger partial charge in [0, 0.05) is 24.2 Å². The highest BCUT2D eigenvalue weighted by molar-refractivity contribution is 6.18. The third kappa shape index (κ3) is 2.29. The number of benzene rings is 1. The molecule has 1 aromatic rings. The van der Waals surface area contributed by atoms with Gasteiger partial charge in [0.1, 0.15) is 13.2 Å². The molecule has 1 aromatic carbocycles. The highest BCUT2D eigenvalue weighted by Crippen LogP contribution is 2.35. The largest absolute Gasteiger partial charge is 0.486 e. The Hall–Kier alpha value is -1.09. The highest BCUT2D eigenvalue weighted by Gasteiger charge is 2.13. The van der Waals surface area contributed by atoms with E-state index in [-0.39, 0.29) is 0 Å². The molecule has 0 fully saturated rings. The maximum absolute atomic E-state index is 5.63. The summed E-state index contributed by atoms with van der Waals surface area (Å²) in [6, 6.07) is 3.96. The minimum atomic E-state index is 0.591. The van der Waals surface area contributed by atoms with E-state index in [0.29, 0.717) is 19.1 Å². The van der Waals surface area contributed by atoms with Crippen molar-refractivity contribution in [2.75, 3.05) is 31.0 Å². The van der Waals surface area contributed by atoms with Gasteiger partial charge in [0.25, 0.3) is 0 Å². The average Bonchev–Trinajstić information content (AvgIpc) is 2.26. The van der Waals surface area contributed by atoms with Crippen molar-refractivity contribution in [2.45, 2.75) is 6.92 Å². The summed E-state index contributed by atoms with van der Waals surface area (Å²) < 4.78 is 11.0. The maximum atomic E-state index is 5.63. The van der Waals surface area contributed by atoms with Crippen LogP contribution in [0.5, 0.6) is 11.5 Å². The van der Waals surface area contributed by atoms with Gasteiger partial charge in [0.05, 0.1) is 0 Å². The molecule has 2 rings (SSSR count). The lowest BCUT2D eigenvalue weighted by molar-refractivity contribution is 0.171. The normalized spacial score (nSPS) is 13.7. The van der Waals surface area contributed by atoms with E-state index in [2.05, 4.69) is 5.32 Å². The molecule has 1 N–H and O–H groups in total. The number of ether oxygens (including phenoxy) is 2. The topological polar surface area (TPSA) is 30.5 Å². The van der Waals surface area contributed by atoms with Crippen molar-refractivity contribution >= 4 is 17.3 Å². The second-order valence-electron chi connectivity index (χ2n) is 3.43. The molecule has 1 aliphatic rings. The van der Waals surface area contributed by atoms with Crippen molar-refractivity contribution in [3.05, 3.63) is 17.7 Å². The van der Waals surface area contributed by atoms with Gasteiger partial charge in [0.2, 0.25) is 0 Å². The van der Waals surface area contributed by atoms with E-state index >= 15 is 0 Å². The first kappa shape index (κ1) is 10.4. The minimum absolute atomic E-state index is 0.591. The molecule has 15 heavy (non-hydrogen) atoms. The molecule has 0 amide bonds. The summed E-state index contributed by atoms with van der Waals surface area (Å²) in [5, 5.41) is 3.25. The highest BCUT2D eigenvalue weighted by atomic mass is 35.5. The number of fused-ring (bicyclic) bond motifs is 1. The van der Waals surface area contributed by atoms with Gasteiger partial charge >= 0.3 is 0 Å². The Kier molecular flexibility index (Phi) is 3.21. The average molecular weight is 228 g/mol. The number of hydrogen-bond acceptors (Lipinski definition) is 3. The van der Waals surface area contributed by atoms with Crippen molar-refractivity contribution in [2.24, 2.45) is 0 Å². The van der Waals surface area contributed by atoms with E-state index in [1.807, 2.05) is 19.1 Å². The molecule has 0 saturated heterocycles. The summed E-state index contributed by atoms with van der Waals surface area (Å²) >= 11 is 5.63. The second kappa shape index (κ2) is 4.62. The van der Waals surface area contributed by atoms with E-state index in [1.165, 1.54) is 0 Å². The molecule has 0 aromatic heterocycles. The van der Waals surface area contributed by atoms with Crippen LogP contribution in [0.15, 0.2) is 12.1 Å². The SMILES string of the molecule is Cc1cc2c(cc1NCCCl)OCCO2. The molecule has 0 radical (unpaired) electrons. The first-order valence-electron chi connectivity index (χ1n) is 5.01. The monoisotopic (exact) mass is 227 g/mol. The van der Waals surface area contributed by atoms with E-state index in [9.17, 15) is 0 Å². The van der Waals surface area contributed by atoms with Gasteiger partial charge in [-0.3, -0.25) is 0 Å². The number of alkyl halides is 1. The summed E-state index contributed by atoms with van der Waals surface area (Å²) in [4.78, 5) is 0. The number of nitrogens with one attached hydrogen (secondary N) is 1. The van der Waals surface area contributed by atoms with Crippen molar-refractivity contribution in [3.8, 4) is 11.5 Å². The number of hydrogen-bond donors (Lipinski definition) is 1. The Labute approximate surface area is 94.3 Å². The van der Waals surface area contributed by atoms with Crippen molar-refractivity contribution in [1.29, 1.82) is 0 Å². The van der Waals surface area contributed by atoms with Gasteiger partial charge in [-0.2, -0.15) is 0 Å². The van der Waals surface area contributed by atoms with Crippen LogP contribution in [0.3, 0.4) is 0 Å². The maximum Gasteiger partial charge on any atom is 0.163 e. The molecule has 1 aliphatic heterocycles. The molecule has 4 heteroatoms. The molecule has 0 unspecified atom stereocenters. The molecule has 82 valence electrons. The summed E-state index contributed by atoms with van der Waals surface area (Å²) in [6.45, 7) is 4.03. The number of anilines is 1. The van der Waals surface area contributed by atoms with Gasteiger partial charge in [-0.25, -0.2) is 0 Å². The summed E-state index contributed by atoms with van der Waals surface area (Å²) in [6.07, 6.45) is 0. The van der Waals surface area contributed by atoms with Gasteiger partial charge in [-0.1, -0.05) is 0 Å². The Morgan fingerprint density at radius 2 is 1.93 bits per heavy atom. The van der Waals surface area contributed by atoms with Crippen LogP contribution in [0.25, 0.3) is 0 Å². The van der Waals surface area contributed by atoms with E-state index in [0.717, 1.165) is 29.3 Å². The zero-order valence-electron chi connectivity index (χ0n) is 8.68. The van der Waals surface area contributed by atoms with E-state index in [4.69, 9.17) is 21.1 Å². The molecule has 0 atom stereocenters. The van der Waals surface area contributed by atoms with Gasteiger partial charge in [0.15, 0.2) is 11.5 Å². The predicted octanol–water partition coefficient (Wildman–Crippen LogP) is 2.42. The van der Waals surface area contributed by atoms with Crippen molar-refractivity contribution in [1.82, 2.24) is 0 Å². The van der Waals surface area contributed by atoms with Crippen molar-refractivity contribution in [3.63, 3.8) is 0 Å². The van der Waals surface area contributed by atoms with Gasteiger partial charge in [-0.15, -0.1) is 11.6 Å². The van der Waals surface area contributed by atoms with Crippen LogP contribution in [0.4, 0.5) is 5.69 Å². The Morgan fingerprint density at radius 1 is 1.27 bits per heavy atom.